The summed E-state index contributed by atoms with van der Waals surface area (Å²) in [5, 5.41) is 9.29. The molecule has 0 heterocycles. The van der Waals surface area contributed by atoms with E-state index in [0.717, 1.165) is 5.56 Å². The maximum absolute atomic E-state index is 12.0. The minimum atomic E-state index is -3.55. The van der Waals surface area contributed by atoms with Crippen LogP contribution in [-0.2, 0) is 10.0 Å². The van der Waals surface area contributed by atoms with E-state index in [0.29, 0.717) is 11.4 Å². The summed E-state index contributed by atoms with van der Waals surface area (Å²) in [7, 11) is -3.55. The fourth-order valence-corrected chi connectivity index (χ4v) is 3.10. The van der Waals surface area contributed by atoms with Crippen molar-refractivity contribution in [2.75, 3.05) is 6.54 Å². The molecule has 2 aromatic rings. The summed E-state index contributed by atoms with van der Waals surface area (Å²) in [6.45, 7) is 0.259. The molecule has 24 heavy (non-hydrogen) atoms. The fourth-order valence-electron chi connectivity index (χ4n) is 1.93. The monoisotopic (exact) mass is 365 g/mol. The molecular weight excluding hydrogens is 350 g/mol. The van der Waals surface area contributed by atoms with Gasteiger partial charge in [-0.2, -0.15) is 0 Å². The van der Waals surface area contributed by atoms with Crippen molar-refractivity contribution in [3.05, 3.63) is 70.8 Å². The van der Waals surface area contributed by atoms with Crippen LogP contribution in [0.5, 0.6) is 0 Å². The molecule has 0 amide bonds. The number of benzene rings is 2. The highest BCUT2D eigenvalue weighted by atomic mass is 35.5. The molecule has 0 radical (unpaired) electrons. The standard InChI is InChI=1S/C17H16ClNO4S/c18-15-8-10-16(11-9-15)24(22,23)19-12-2-1-3-13-4-6-14(7-5-13)17(20)21/h1,3-11,19H,2,12H2,(H,20,21)/b3-1+. The van der Waals surface area contributed by atoms with Crippen molar-refractivity contribution < 1.29 is 18.3 Å². The van der Waals surface area contributed by atoms with Gasteiger partial charge in [0.05, 0.1) is 10.5 Å². The smallest absolute Gasteiger partial charge is 0.335 e. The first-order valence-electron chi connectivity index (χ1n) is 7.13. The topological polar surface area (TPSA) is 83.5 Å². The Kier molecular flexibility index (Phi) is 6.14. The maximum Gasteiger partial charge on any atom is 0.335 e. The molecule has 5 nitrogen and oxygen atoms in total. The fraction of sp³-hybridized carbons (Fsp3) is 0.118. The molecule has 2 N–H and O–H groups in total. The van der Waals surface area contributed by atoms with E-state index in [2.05, 4.69) is 4.72 Å². The van der Waals surface area contributed by atoms with Gasteiger partial charge < -0.3 is 5.11 Å². The number of carboxylic acids is 1. The largest absolute Gasteiger partial charge is 0.478 e. The van der Waals surface area contributed by atoms with Crippen LogP contribution in [0, 0.1) is 0 Å². The Balaban J connectivity index is 1.85. The van der Waals surface area contributed by atoms with Crippen molar-refractivity contribution in [1.82, 2.24) is 4.72 Å². The van der Waals surface area contributed by atoms with Gasteiger partial charge in [-0.05, 0) is 48.4 Å². The lowest BCUT2D eigenvalue weighted by atomic mass is 10.1. The van der Waals surface area contributed by atoms with Gasteiger partial charge in [-0.15, -0.1) is 0 Å². The summed E-state index contributed by atoms with van der Waals surface area (Å²) in [6.07, 6.45) is 4.13. The summed E-state index contributed by atoms with van der Waals surface area (Å²) in [5.74, 6) is -0.970. The number of hydrogen-bond acceptors (Lipinski definition) is 3. The molecular formula is C17H16ClNO4S. The van der Waals surface area contributed by atoms with E-state index in [4.69, 9.17) is 16.7 Å². The molecule has 0 aromatic heterocycles. The minimum Gasteiger partial charge on any atom is -0.478 e. The first-order chi connectivity index (χ1) is 11.4. The number of rotatable bonds is 7. The van der Waals surface area contributed by atoms with Crippen LogP contribution in [0.25, 0.3) is 6.08 Å². The molecule has 0 saturated heterocycles. The number of hydrogen-bond donors (Lipinski definition) is 2. The highest BCUT2D eigenvalue weighted by molar-refractivity contribution is 7.89. The Hall–Kier alpha value is -2.15. The molecule has 0 unspecified atom stereocenters. The van der Waals surface area contributed by atoms with Crippen molar-refractivity contribution in [1.29, 1.82) is 0 Å². The van der Waals surface area contributed by atoms with Gasteiger partial charge in [0.25, 0.3) is 0 Å². The Bertz CT molecular complexity index is 828. The van der Waals surface area contributed by atoms with Crippen molar-refractivity contribution >= 4 is 33.7 Å². The third-order valence-corrected chi connectivity index (χ3v) is 4.92. The van der Waals surface area contributed by atoms with Gasteiger partial charge >= 0.3 is 5.97 Å². The highest BCUT2D eigenvalue weighted by Gasteiger charge is 2.12. The van der Waals surface area contributed by atoms with Crippen molar-refractivity contribution in [3.63, 3.8) is 0 Å². The van der Waals surface area contributed by atoms with E-state index in [1.54, 1.807) is 12.1 Å². The van der Waals surface area contributed by atoms with Crippen LogP contribution >= 0.6 is 11.6 Å². The van der Waals surface area contributed by atoms with Crippen LogP contribution in [0.15, 0.2) is 59.5 Å². The Morgan fingerprint density at radius 1 is 1.08 bits per heavy atom. The third-order valence-electron chi connectivity index (χ3n) is 3.19. The summed E-state index contributed by atoms with van der Waals surface area (Å²) in [5.41, 5.74) is 1.07. The molecule has 126 valence electrons. The normalized spacial score (nSPS) is 11.7. The molecule has 0 aliphatic heterocycles. The lowest BCUT2D eigenvalue weighted by Crippen LogP contribution is -2.24. The molecule has 0 atom stereocenters. The van der Waals surface area contributed by atoms with E-state index in [1.807, 2.05) is 12.2 Å². The second-order valence-electron chi connectivity index (χ2n) is 4.97. The first-order valence-corrected chi connectivity index (χ1v) is 9.00. The number of nitrogens with one attached hydrogen (secondary N) is 1. The van der Waals surface area contributed by atoms with E-state index in [-0.39, 0.29) is 17.0 Å². The van der Waals surface area contributed by atoms with Gasteiger partial charge in [0.15, 0.2) is 0 Å². The van der Waals surface area contributed by atoms with Crippen LogP contribution < -0.4 is 4.72 Å². The number of aromatic carboxylic acids is 1. The average Bonchev–Trinajstić information content (AvgIpc) is 2.55. The zero-order chi connectivity index (χ0) is 17.6. The minimum absolute atomic E-state index is 0.167. The molecule has 7 heteroatoms. The van der Waals surface area contributed by atoms with Crippen molar-refractivity contribution in [3.8, 4) is 0 Å². The predicted octanol–water partition coefficient (Wildman–Crippen LogP) is 3.42. The summed E-state index contributed by atoms with van der Waals surface area (Å²) in [6, 6.07) is 12.4. The van der Waals surface area contributed by atoms with Crippen LogP contribution in [0.3, 0.4) is 0 Å². The number of carboxylic acid groups (broad SMARTS) is 1. The van der Waals surface area contributed by atoms with Gasteiger partial charge in [0.2, 0.25) is 10.0 Å². The molecule has 0 aliphatic carbocycles. The van der Waals surface area contributed by atoms with Crippen LogP contribution in [0.2, 0.25) is 5.02 Å². The van der Waals surface area contributed by atoms with Gasteiger partial charge in [-0.3, -0.25) is 0 Å². The molecule has 2 rings (SSSR count). The van der Waals surface area contributed by atoms with Crippen LogP contribution in [0.4, 0.5) is 0 Å². The SMILES string of the molecule is O=C(O)c1ccc(/C=C/CCNS(=O)(=O)c2ccc(Cl)cc2)cc1. The van der Waals surface area contributed by atoms with Crippen molar-refractivity contribution in [2.45, 2.75) is 11.3 Å². The molecule has 0 aliphatic rings. The predicted molar refractivity (Wildman–Crippen MR) is 93.7 cm³/mol. The van der Waals surface area contributed by atoms with E-state index in [1.165, 1.54) is 36.4 Å². The average molecular weight is 366 g/mol. The van der Waals surface area contributed by atoms with Gasteiger partial charge in [-0.25, -0.2) is 17.9 Å². The molecule has 0 saturated carbocycles. The number of halogens is 1. The zero-order valence-electron chi connectivity index (χ0n) is 12.6. The Morgan fingerprint density at radius 3 is 2.29 bits per heavy atom. The summed E-state index contributed by atoms with van der Waals surface area (Å²) in [4.78, 5) is 10.9. The second-order valence-corrected chi connectivity index (χ2v) is 7.17. The zero-order valence-corrected chi connectivity index (χ0v) is 14.2. The molecule has 2 aromatic carbocycles. The second kappa shape index (κ2) is 8.10. The lowest BCUT2D eigenvalue weighted by molar-refractivity contribution is 0.0697. The van der Waals surface area contributed by atoms with E-state index < -0.39 is 16.0 Å². The van der Waals surface area contributed by atoms with Crippen LogP contribution in [-0.4, -0.2) is 26.0 Å². The van der Waals surface area contributed by atoms with Gasteiger partial charge in [0, 0.05) is 11.6 Å². The quantitative estimate of drug-likeness (QED) is 0.736. The summed E-state index contributed by atoms with van der Waals surface area (Å²) < 4.78 is 26.6. The number of sulfonamides is 1. The first kappa shape index (κ1) is 18.2. The molecule has 0 bridgehead atoms. The molecule has 0 spiro atoms. The van der Waals surface area contributed by atoms with Gasteiger partial charge in [-0.1, -0.05) is 35.9 Å². The number of carbonyl (C=O) groups is 1. The van der Waals surface area contributed by atoms with Gasteiger partial charge in [0.1, 0.15) is 0 Å². The third kappa shape index (κ3) is 5.19. The molecule has 0 fully saturated rings. The van der Waals surface area contributed by atoms with Crippen molar-refractivity contribution in [2.24, 2.45) is 0 Å². The highest BCUT2D eigenvalue weighted by Crippen LogP contribution is 2.13. The summed E-state index contributed by atoms with van der Waals surface area (Å²) >= 11 is 5.74. The van der Waals surface area contributed by atoms with Crippen LogP contribution in [0.1, 0.15) is 22.3 Å². The van der Waals surface area contributed by atoms with E-state index in [9.17, 15) is 13.2 Å². The van der Waals surface area contributed by atoms with E-state index >= 15 is 0 Å². The maximum atomic E-state index is 12.0. The Morgan fingerprint density at radius 2 is 1.71 bits per heavy atom. The Labute approximate surface area is 145 Å². The lowest BCUT2D eigenvalue weighted by Gasteiger charge is -2.05.